The van der Waals surface area contributed by atoms with Crippen molar-refractivity contribution in [2.24, 2.45) is 5.73 Å². The summed E-state index contributed by atoms with van der Waals surface area (Å²) in [6.07, 6.45) is -4.82. The molecule has 0 atom stereocenters. The molecular weight excluding hydrogens is 247 g/mol. The Balaban J connectivity index is 2.96. The van der Waals surface area contributed by atoms with Crippen LogP contribution < -0.4 is 10.5 Å². The van der Waals surface area contributed by atoms with E-state index in [1.807, 2.05) is 0 Å². The molecule has 1 rings (SSSR count). The summed E-state index contributed by atoms with van der Waals surface area (Å²) in [5, 5.41) is -0.295. The summed E-state index contributed by atoms with van der Waals surface area (Å²) in [4.78, 5) is 11.1. The van der Waals surface area contributed by atoms with Crippen LogP contribution in [0.3, 0.4) is 0 Å². The SMILES string of the molecule is NCC(=O)c1ccc(OC(F)(F)F)c(Cl)c1. The highest BCUT2D eigenvalue weighted by Gasteiger charge is 2.32. The molecule has 0 saturated heterocycles. The van der Waals surface area contributed by atoms with E-state index in [-0.39, 0.29) is 17.1 Å². The molecule has 0 unspecified atom stereocenters. The highest BCUT2D eigenvalue weighted by molar-refractivity contribution is 6.32. The highest BCUT2D eigenvalue weighted by Crippen LogP contribution is 2.30. The summed E-state index contributed by atoms with van der Waals surface area (Å²) in [5.74, 6) is -0.969. The predicted molar refractivity (Wildman–Crippen MR) is 51.5 cm³/mol. The van der Waals surface area contributed by atoms with Gasteiger partial charge in [0, 0.05) is 5.56 Å². The Kier molecular flexibility index (Phi) is 3.77. The number of Topliss-reactive ketones (excluding diaryl/α,β-unsaturated/α-hetero) is 1. The third-order valence-electron chi connectivity index (χ3n) is 1.66. The molecule has 0 aromatic heterocycles. The highest BCUT2D eigenvalue weighted by atomic mass is 35.5. The largest absolute Gasteiger partial charge is 0.573 e. The molecule has 7 heteroatoms. The van der Waals surface area contributed by atoms with Crippen LogP contribution in [-0.4, -0.2) is 18.7 Å². The topological polar surface area (TPSA) is 52.3 Å². The summed E-state index contributed by atoms with van der Waals surface area (Å²) < 4.78 is 39.3. The molecule has 0 heterocycles. The fourth-order valence-electron chi connectivity index (χ4n) is 1.000. The number of ketones is 1. The number of carbonyl (C=O) groups excluding carboxylic acids is 1. The van der Waals surface area contributed by atoms with E-state index in [1.54, 1.807) is 0 Å². The van der Waals surface area contributed by atoms with Crippen molar-refractivity contribution in [2.45, 2.75) is 6.36 Å². The van der Waals surface area contributed by atoms with E-state index < -0.39 is 17.9 Å². The smallest absolute Gasteiger partial charge is 0.404 e. The van der Waals surface area contributed by atoms with Gasteiger partial charge in [-0.05, 0) is 18.2 Å². The lowest BCUT2D eigenvalue weighted by atomic mass is 10.1. The summed E-state index contributed by atoms with van der Waals surface area (Å²) in [5.41, 5.74) is 5.23. The first-order valence-electron chi connectivity index (χ1n) is 4.12. The van der Waals surface area contributed by atoms with Crippen molar-refractivity contribution in [3.05, 3.63) is 28.8 Å². The van der Waals surface area contributed by atoms with Gasteiger partial charge in [-0.2, -0.15) is 0 Å². The van der Waals surface area contributed by atoms with Crippen molar-refractivity contribution in [1.82, 2.24) is 0 Å². The number of benzene rings is 1. The van der Waals surface area contributed by atoms with Crippen molar-refractivity contribution in [3.8, 4) is 5.75 Å². The maximum atomic E-state index is 11.9. The average Bonchev–Trinajstić information content (AvgIpc) is 2.18. The minimum absolute atomic E-state index is 0.141. The van der Waals surface area contributed by atoms with E-state index in [4.69, 9.17) is 17.3 Å². The van der Waals surface area contributed by atoms with Gasteiger partial charge in [0.05, 0.1) is 11.6 Å². The van der Waals surface area contributed by atoms with Gasteiger partial charge >= 0.3 is 6.36 Å². The number of halogens is 4. The molecule has 88 valence electrons. The average molecular weight is 254 g/mol. The number of hydrogen-bond donors (Lipinski definition) is 1. The van der Waals surface area contributed by atoms with Crippen LogP contribution in [0.15, 0.2) is 18.2 Å². The fraction of sp³-hybridized carbons (Fsp3) is 0.222. The number of alkyl halides is 3. The van der Waals surface area contributed by atoms with Gasteiger partial charge in [-0.1, -0.05) is 11.6 Å². The Bertz CT molecular complexity index is 406. The van der Waals surface area contributed by atoms with E-state index >= 15 is 0 Å². The zero-order chi connectivity index (χ0) is 12.3. The van der Waals surface area contributed by atoms with E-state index in [2.05, 4.69) is 4.74 Å². The number of ether oxygens (including phenoxy) is 1. The number of rotatable bonds is 3. The minimum atomic E-state index is -4.82. The molecule has 3 nitrogen and oxygen atoms in total. The van der Waals surface area contributed by atoms with Gasteiger partial charge in [0.2, 0.25) is 0 Å². The molecule has 0 radical (unpaired) electrons. The lowest BCUT2D eigenvalue weighted by Gasteiger charge is -2.10. The van der Waals surface area contributed by atoms with E-state index in [0.29, 0.717) is 0 Å². The standard InChI is InChI=1S/C9H7ClF3NO2/c10-6-3-5(7(15)4-14)1-2-8(6)16-9(11,12)13/h1-3H,4,14H2. The van der Waals surface area contributed by atoms with Gasteiger partial charge in [-0.15, -0.1) is 13.2 Å². The van der Waals surface area contributed by atoms with E-state index in [0.717, 1.165) is 12.1 Å². The van der Waals surface area contributed by atoms with Gasteiger partial charge in [0.1, 0.15) is 5.75 Å². The maximum absolute atomic E-state index is 11.9. The van der Waals surface area contributed by atoms with Crippen LogP contribution in [0.5, 0.6) is 5.75 Å². The Hall–Kier alpha value is -1.27. The first-order valence-corrected chi connectivity index (χ1v) is 4.50. The van der Waals surface area contributed by atoms with Crippen LogP contribution in [0.4, 0.5) is 13.2 Å². The van der Waals surface area contributed by atoms with Gasteiger partial charge in [0.25, 0.3) is 0 Å². The first kappa shape index (κ1) is 12.8. The number of carbonyl (C=O) groups is 1. The van der Waals surface area contributed by atoms with E-state index in [1.165, 1.54) is 6.07 Å². The molecule has 16 heavy (non-hydrogen) atoms. The molecule has 0 bridgehead atoms. The molecule has 0 amide bonds. The Morgan fingerprint density at radius 2 is 2.06 bits per heavy atom. The van der Waals surface area contributed by atoms with Crippen molar-refractivity contribution in [1.29, 1.82) is 0 Å². The molecule has 1 aromatic carbocycles. The van der Waals surface area contributed by atoms with Crippen LogP contribution in [-0.2, 0) is 0 Å². The zero-order valence-corrected chi connectivity index (χ0v) is 8.60. The van der Waals surface area contributed by atoms with Crippen LogP contribution in [0.2, 0.25) is 5.02 Å². The molecule has 0 saturated carbocycles. The second kappa shape index (κ2) is 4.71. The van der Waals surface area contributed by atoms with Gasteiger partial charge in [-0.25, -0.2) is 0 Å². The predicted octanol–water partition coefficient (Wildman–Crippen LogP) is 2.38. The summed E-state index contributed by atoms with van der Waals surface area (Å²) in [6, 6.07) is 3.22. The lowest BCUT2D eigenvalue weighted by Crippen LogP contribution is -2.18. The second-order valence-corrected chi connectivity index (χ2v) is 3.23. The molecule has 0 aliphatic carbocycles. The van der Waals surface area contributed by atoms with Crippen molar-refractivity contribution >= 4 is 17.4 Å². The van der Waals surface area contributed by atoms with Crippen LogP contribution in [0.1, 0.15) is 10.4 Å². The third-order valence-corrected chi connectivity index (χ3v) is 1.96. The van der Waals surface area contributed by atoms with Crippen molar-refractivity contribution in [3.63, 3.8) is 0 Å². The fourth-order valence-corrected chi connectivity index (χ4v) is 1.22. The Morgan fingerprint density at radius 3 is 2.50 bits per heavy atom. The maximum Gasteiger partial charge on any atom is 0.573 e. The second-order valence-electron chi connectivity index (χ2n) is 2.82. The first-order chi connectivity index (χ1) is 7.33. The van der Waals surface area contributed by atoms with Crippen LogP contribution in [0.25, 0.3) is 0 Å². The molecular formula is C9H7ClF3NO2. The van der Waals surface area contributed by atoms with Crippen molar-refractivity contribution < 1.29 is 22.7 Å². The quantitative estimate of drug-likeness (QED) is 0.842. The lowest BCUT2D eigenvalue weighted by molar-refractivity contribution is -0.274. The Labute approximate surface area is 93.9 Å². The molecule has 0 spiro atoms. The normalized spacial score (nSPS) is 11.3. The van der Waals surface area contributed by atoms with Gasteiger partial charge in [0.15, 0.2) is 5.78 Å². The molecule has 2 N–H and O–H groups in total. The van der Waals surface area contributed by atoms with Crippen LogP contribution in [0, 0.1) is 0 Å². The molecule has 0 aliphatic heterocycles. The zero-order valence-electron chi connectivity index (χ0n) is 7.84. The van der Waals surface area contributed by atoms with Crippen LogP contribution >= 0.6 is 11.6 Å². The van der Waals surface area contributed by atoms with Gasteiger partial charge in [-0.3, -0.25) is 4.79 Å². The molecule has 1 aromatic rings. The van der Waals surface area contributed by atoms with E-state index in [9.17, 15) is 18.0 Å². The molecule has 0 aliphatic rings. The van der Waals surface area contributed by atoms with Gasteiger partial charge < -0.3 is 10.5 Å². The summed E-state index contributed by atoms with van der Waals surface area (Å²) in [7, 11) is 0. The monoisotopic (exact) mass is 253 g/mol. The third kappa shape index (κ3) is 3.39. The summed E-state index contributed by atoms with van der Waals surface area (Å²) in [6.45, 7) is -0.240. The number of hydrogen-bond acceptors (Lipinski definition) is 3. The van der Waals surface area contributed by atoms with Crippen molar-refractivity contribution in [2.75, 3.05) is 6.54 Å². The number of nitrogens with two attached hydrogens (primary N) is 1. The summed E-state index contributed by atoms with van der Waals surface area (Å²) >= 11 is 5.52. The minimum Gasteiger partial charge on any atom is -0.404 e. The molecule has 0 fully saturated rings. The Morgan fingerprint density at radius 1 is 1.44 bits per heavy atom.